The van der Waals surface area contributed by atoms with Gasteiger partial charge in [-0.15, -0.1) is 0 Å². The smallest absolute Gasteiger partial charge is 0.0951 e. The van der Waals surface area contributed by atoms with E-state index in [0.717, 1.165) is 49.4 Å². The van der Waals surface area contributed by atoms with Crippen molar-refractivity contribution in [2.75, 3.05) is 13.1 Å². The van der Waals surface area contributed by atoms with Crippen LogP contribution in [0.3, 0.4) is 0 Å². The number of aryl methyl sites for hydroxylation is 1. The van der Waals surface area contributed by atoms with Crippen molar-refractivity contribution in [3.8, 4) is 11.3 Å². The first-order valence-corrected chi connectivity index (χ1v) is 8.26. The van der Waals surface area contributed by atoms with Crippen LogP contribution in [0.2, 0.25) is 0 Å². The summed E-state index contributed by atoms with van der Waals surface area (Å²) in [6.45, 7) is 9.80. The zero-order valence-electron chi connectivity index (χ0n) is 13.7. The molecule has 22 heavy (non-hydrogen) atoms. The Labute approximate surface area is 132 Å². The standard InChI is InChI=1S/C17H25N5/c1-4-22-12-15(11-20-22)17-16(18-7-8-19-17)14-5-9-21(10-6-14)13(2)3/h7-8,11-14H,4-6,9-10H2,1-3H3. The Balaban J connectivity index is 1.83. The third-order valence-electron chi connectivity index (χ3n) is 4.60. The Kier molecular flexibility index (Phi) is 4.52. The van der Waals surface area contributed by atoms with Gasteiger partial charge in [0.15, 0.2) is 0 Å². The van der Waals surface area contributed by atoms with E-state index in [9.17, 15) is 0 Å². The Hall–Kier alpha value is -1.75. The van der Waals surface area contributed by atoms with Gasteiger partial charge in [0.05, 0.1) is 17.6 Å². The lowest BCUT2D eigenvalue weighted by Gasteiger charge is -2.34. The largest absolute Gasteiger partial charge is 0.301 e. The Morgan fingerprint density at radius 3 is 2.55 bits per heavy atom. The van der Waals surface area contributed by atoms with Gasteiger partial charge in [0.25, 0.3) is 0 Å². The summed E-state index contributed by atoms with van der Waals surface area (Å²) in [6, 6.07) is 0.630. The lowest BCUT2D eigenvalue weighted by atomic mass is 9.90. The third kappa shape index (κ3) is 3.04. The molecule has 3 heterocycles. The lowest BCUT2D eigenvalue weighted by Crippen LogP contribution is -2.38. The number of aromatic nitrogens is 4. The van der Waals surface area contributed by atoms with Gasteiger partial charge in [-0.3, -0.25) is 14.6 Å². The van der Waals surface area contributed by atoms with Crippen LogP contribution in [-0.2, 0) is 6.54 Å². The van der Waals surface area contributed by atoms with Crippen molar-refractivity contribution in [1.29, 1.82) is 0 Å². The first-order chi connectivity index (χ1) is 10.7. The van der Waals surface area contributed by atoms with E-state index in [2.05, 4.69) is 46.9 Å². The Morgan fingerprint density at radius 2 is 1.91 bits per heavy atom. The fourth-order valence-electron chi connectivity index (χ4n) is 3.22. The van der Waals surface area contributed by atoms with Crippen LogP contribution in [0.15, 0.2) is 24.8 Å². The molecule has 1 saturated heterocycles. The van der Waals surface area contributed by atoms with Gasteiger partial charge in [0.2, 0.25) is 0 Å². The fraction of sp³-hybridized carbons (Fsp3) is 0.588. The molecule has 1 aliphatic heterocycles. The van der Waals surface area contributed by atoms with Crippen LogP contribution < -0.4 is 0 Å². The molecular weight excluding hydrogens is 274 g/mol. The number of rotatable bonds is 4. The summed E-state index contributed by atoms with van der Waals surface area (Å²) in [5.41, 5.74) is 3.22. The van der Waals surface area contributed by atoms with Gasteiger partial charge in [-0.2, -0.15) is 5.10 Å². The molecule has 3 rings (SSSR count). The predicted molar refractivity (Wildman–Crippen MR) is 87.6 cm³/mol. The molecule has 0 saturated carbocycles. The van der Waals surface area contributed by atoms with Crippen LogP contribution in [0.25, 0.3) is 11.3 Å². The van der Waals surface area contributed by atoms with Gasteiger partial charge in [-0.1, -0.05) is 0 Å². The summed E-state index contributed by atoms with van der Waals surface area (Å²) in [6.07, 6.45) is 9.89. The maximum Gasteiger partial charge on any atom is 0.0951 e. The summed E-state index contributed by atoms with van der Waals surface area (Å²) in [7, 11) is 0. The van der Waals surface area contributed by atoms with E-state index < -0.39 is 0 Å². The Bertz CT molecular complexity index is 611. The average molecular weight is 299 g/mol. The van der Waals surface area contributed by atoms with E-state index in [0.29, 0.717) is 12.0 Å². The van der Waals surface area contributed by atoms with E-state index in [4.69, 9.17) is 0 Å². The first kappa shape index (κ1) is 15.2. The highest BCUT2D eigenvalue weighted by atomic mass is 15.3. The number of piperidine rings is 1. The minimum atomic E-state index is 0.503. The highest BCUT2D eigenvalue weighted by Gasteiger charge is 2.25. The maximum absolute atomic E-state index is 4.67. The van der Waals surface area contributed by atoms with Crippen molar-refractivity contribution < 1.29 is 0 Å². The quantitative estimate of drug-likeness (QED) is 0.871. The molecule has 0 N–H and O–H groups in total. The molecule has 118 valence electrons. The van der Waals surface area contributed by atoms with Crippen molar-refractivity contribution in [3.05, 3.63) is 30.5 Å². The molecule has 0 radical (unpaired) electrons. The molecule has 2 aromatic rings. The van der Waals surface area contributed by atoms with E-state index >= 15 is 0 Å². The molecule has 0 atom stereocenters. The fourth-order valence-corrected chi connectivity index (χ4v) is 3.22. The van der Waals surface area contributed by atoms with Crippen LogP contribution in [0, 0.1) is 0 Å². The van der Waals surface area contributed by atoms with Crippen LogP contribution in [0.4, 0.5) is 0 Å². The molecule has 1 fully saturated rings. The van der Waals surface area contributed by atoms with Crippen molar-refractivity contribution in [2.24, 2.45) is 0 Å². The number of hydrogen-bond donors (Lipinski definition) is 0. The zero-order valence-corrected chi connectivity index (χ0v) is 13.7. The maximum atomic E-state index is 4.67. The zero-order chi connectivity index (χ0) is 15.5. The molecule has 0 aromatic carbocycles. The molecule has 5 heteroatoms. The van der Waals surface area contributed by atoms with E-state index in [-0.39, 0.29) is 0 Å². The monoisotopic (exact) mass is 299 g/mol. The molecule has 2 aromatic heterocycles. The second kappa shape index (κ2) is 6.57. The number of likely N-dealkylation sites (tertiary alicyclic amines) is 1. The van der Waals surface area contributed by atoms with Crippen molar-refractivity contribution in [2.45, 2.75) is 52.1 Å². The van der Waals surface area contributed by atoms with Gasteiger partial charge in [0, 0.05) is 42.7 Å². The minimum Gasteiger partial charge on any atom is -0.301 e. The molecular formula is C17H25N5. The van der Waals surface area contributed by atoms with Crippen LogP contribution >= 0.6 is 0 Å². The van der Waals surface area contributed by atoms with Gasteiger partial charge >= 0.3 is 0 Å². The van der Waals surface area contributed by atoms with Crippen molar-refractivity contribution in [1.82, 2.24) is 24.6 Å². The molecule has 0 aliphatic carbocycles. The van der Waals surface area contributed by atoms with Crippen LogP contribution in [0.5, 0.6) is 0 Å². The molecule has 0 amide bonds. The highest BCUT2D eigenvalue weighted by Crippen LogP contribution is 2.32. The van der Waals surface area contributed by atoms with Crippen LogP contribution in [-0.4, -0.2) is 43.8 Å². The van der Waals surface area contributed by atoms with Gasteiger partial charge in [-0.25, -0.2) is 0 Å². The minimum absolute atomic E-state index is 0.503. The highest BCUT2D eigenvalue weighted by molar-refractivity contribution is 5.60. The van der Waals surface area contributed by atoms with E-state index in [1.807, 2.05) is 17.1 Å². The normalized spacial score (nSPS) is 17.3. The molecule has 1 aliphatic rings. The molecule has 0 bridgehead atoms. The molecule has 0 spiro atoms. The molecule has 0 unspecified atom stereocenters. The van der Waals surface area contributed by atoms with Crippen molar-refractivity contribution >= 4 is 0 Å². The predicted octanol–water partition coefficient (Wildman–Crippen LogP) is 2.95. The first-order valence-electron chi connectivity index (χ1n) is 8.26. The Morgan fingerprint density at radius 1 is 1.18 bits per heavy atom. The topological polar surface area (TPSA) is 46.8 Å². The summed E-state index contributed by atoms with van der Waals surface area (Å²) in [4.78, 5) is 11.8. The summed E-state index contributed by atoms with van der Waals surface area (Å²) < 4.78 is 1.94. The second-order valence-electron chi connectivity index (χ2n) is 6.28. The number of nitrogens with zero attached hydrogens (tertiary/aromatic N) is 5. The second-order valence-corrected chi connectivity index (χ2v) is 6.28. The van der Waals surface area contributed by atoms with Crippen molar-refractivity contribution in [3.63, 3.8) is 0 Å². The summed E-state index contributed by atoms with van der Waals surface area (Å²) in [5.74, 6) is 0.503. The van der Waals surface area contributed by atoms with E-state index in [1.54, 1.807) is 6.20 Å². The summed E-state index contributed by atoms with van der Waals surface area (Å²) >= 11 is 0. The summed E-state index contributed by atoms with van der Waals surface area (Å²) in [5, 5.41) is 4.37. The molecule has 5 nitrogen and oxygen atoms in total. The van der Waals surface area contributed by atoms with Gasteiger partial charge in [-0.05, 0) is 46.7 Å². The SMILES string of the molecule is CCn1cc(-c2nccnc2C2CCN(C(C)C)CC2)cn1. The van der Waals surface area contributed by atoms with Gasteiger partial charge < -0.3 is 4.90 Å². The van der Waals surface area contributed by atoms with E-state index in [1.165, 1.54) is 0 Å². The van der Waals surface area contributed by atoms with Gasteiger partial charge in [0.1, 0.15) is 0 Å². The lowest BCUT2D eigenvalue weighted by molar-refractivity contribution is 0.171. The average Bonchev–Trinajstić information content (AvgIpc) is 3.04. The van der Waals surface area contributed by atoms with Crippen LogP contribution in [0.1, 0.15) is 45.2 Å². The third-order valence-corrected chi connectivity index (χ3v) is 4.60. The number of hydrogen-bond acceptors (Lipinski definition) is 4.